The van der Waals surface area contributed by atoms with Crippen LogP contribution in [0.2, 0.25) is 0 Å². The summed E-state index contributed by atoms with van der Waals surface area (Å²) in [5.41, 5.74) is 1.46. The van der Waals surface area contributed by atoms with E-state index in [1.807, 2.05) is 43.1 Å². The zero-order chi connectivity index (χ0) is 19.9. The maximum absolute atomic E-state index is 12.7. The molecule has 0 atom stereocenters. The Morgan fingerprint density at radius 3 is 2.68 bits per heavy atom. The van der Waals surface area contributed by atoms with Crippen molar-refractivity contribution in [1.29, 1.82) is 0 Å². The quantitative estimate of drug-likeness (QED) is 0.826. The van der Waals surface area contributed by atoms with E-state index in [9.17, 15) is 4.79 Å². The Hall–Kier alpha value is -2.83. The van der Waals surface area contributed by atoms with E-state index in [4.69, 9.17) is 4.74 Å². The molecule has 150 valence electrons. The van der Waals surface area contributed by atoms with Crippen LogP contribution in [0.4, 0.5) is 16.3 Å². The molecule has 0 unspecified atom stereocenters. The Bertz CT molecular complexity index is 776. The van der Waals surface area contributed by atoms with E-state index >= 15 is 0 Å². The fraction of sp³-hybridized carbons (Fsp3) is 0.476. The molecule has 3 rings (SSSR count). The molecular formula is C21H29N5O2. The van der Waals surface area contributed by atoms with Gasteiger partial charge in [-0.25, -0.2) is 14.8 Å². The van der Waals surface area contributed by atoms with Crippen molar-refractivity contribution in [2.75, 3.05) is 43.5 Å². The number of piperidine rings is 1. The van der Waals surface area contributed by atoms with Crippen molar-refractivity contribution in [3.63, 3.8) is 0 Å². The molecule has 7 nitrogen and oxygen atoms in total. The van der Waals surface area contributed by atoms with E-state index in [1.165, 1.54) is 0 Å². The second-order valence-corrected chi connectivity index (χ2v) is 7.07. The molecule has 0 saturated carbocycles. The lowest BCUT2D eigenvalue weighted by Gasteiger charge is -2.35. The summed E-state index contributed by atoms with van der Waals surface area (Å²) in [5.74, 6) is 2.08. The van der Waals surface area contributed by atoms with Crippen LogP contribution < -0.4 is 15.0 Å². The summed E-state index contributed by atoms with van der Waals surface area (Å²) in [7, 11) is 1.58. The number of amides is 2. The van der Waals surface area contributed by atoms with Gasteiger partial charge in [0.1, 0.15) is 5.82 Å². The first-order valence-corrected chi connectivity index (χ1v) is 9.84. The van der Waals surface area contributed by atoms with Crippen LogP contribution in [0, 0.1) is 12.8 Å². The Balaban J connectivity index is 1.53. The third kappa shape index (κ3) is 4.91. The monoisotopic (exact) mass is 383 g/mol. The number of hydrogen-bond acceptors (Lipinski definition) is 5. The average molecular weight is 383 g/mol. The fourth-order valence-electron chi connectivity index (χ4n) is 3.53. The van der Waals surface area contributed by atoms with Gasteiger partial charge in [-0.1, -0.05) is 6.07 Å². The third-order valence-electron chi connectivity index (χ3n) is 5.25. The summed E-state index contributed by atoms with van der Waals surface area (Å²) in [4.78, 5) is 25.7. The van der Waals surface area contributed by atoms with Gasteiger partial charge in [0.15, 0.2) is 0 Å². The van der Waals surface area contributed by atoms with Gasteiger partial charge in [0.2, 0.25) is 5.88 Å². The molecule has 0 aliphatic carbocycles. The minimum atomic E-state index is -0.0790. The molecule has 0 aromatic carbocycles. The molecule has 28 heavy (non-hydrogen) atoms. The van der Waals surface area contributed by atoms with Gasteiger partial charge in [0.05, 0.1) is 18.5 Å². The highest BCUT2D eigenvalue weighted by atomic mass is 16.5. The Morgan fingerprint density at radius 2 is 2.07 bits per heavy atom. The van der Waals surface area contributed by atoms with Crippen molar-refractivity contribution in [3.05, 3.63) is 42.2 Å². The number of nitrogens with zero attached hydrogens (tertiary/aromatic N) is 4. The third-order valence-corrected chi connectivity index (χ3v) is 5.25. The van der Waals surface area contributed by atoms with Crippen LogP contribution in [0.1, 0.15) is 25.5 Å². The number of methoxy groups -OCH3 is 1. The zero-order valence-electron chi connectivity index (χ0n) is 16.9. The van der Waals surface area contributed by atoms with E-state index in [0.717, 1.165) is 44.0 Å². The van der Waals surface area contributed by atoms with Crippen LogP contribution in [-0.4, -0.2) is 54.2 Å². The maximum Gasteiger partial charge on any atom is 0.321 e. The van der Waals surface area contributed by atoms with E-state index in [0.29, 0.717) is 24.0 Å². The number of carbonyl (C=O) groups excluding carboxylic acids is 1. The van der Waals surface area contributed by atoms with Gasteiger partial charge in [-0.15, -0.1) is 0 Å². The van der Waals surface area contributed by atoms with Crippen LogP contribution in [0.3, 0.4) is 0 Å². The number of anilines is 2. The van der Waals surface area contributed by atoms with Crippen molar-refractivity contribution < 1.29 is 9.53 Å². The highest BCUT2D eigenvalue weighted by molar-refractivity contribution is 5.89. The molecule has 0 bridgehead atoms. The summed E-state index contributed by atoms with van der Waals surface area (Å²) in [6, 6.07) is 9.52. The molecule has 7 heteroatoms. The van der Waals surface area contributed by atoms with Crippen molar-refractivity contribution in [1.82, 2.24) is 14.9 Å². The summed E-state index contributed by atoms with van der Waals surface area (Å²) < 4.78 is 5.12. The molecule has 1 N–H and O–H groups in total. The summed E-state index contributed by atoms with van der Waals surface area (Å²) >= 11 is 0. The van der Waals surface area contributed by atoms with Gasteiger partial charge in [-0.2, -0.15) is 0 Å². The van der Waals surface area contributed by atoms with Crippen LogP contribution >= 0.6 is 0 Å². The van der Waals surface area contributed by atoms with Gasteiger partial charge in [-0.3, -0.25) is 0 Å². The van der Waals surface area contributed by atoms with Gasteiger partial charge in [-0.05, 0) is 50.8 Å². The van der Waals surface area contributed by atoms with E-state index < -0.39 is 0 Å². The van der Waals surface area contributed by atoms with Crippen molar-refractivity contribution in [2.24, 2.45) is 5.92 Å². The number of urea groups is 1. The van der Waals surface area contributed by atoms with Crippen LogP contribution in [-0.2, 0) is 0 Å². The lowest BCUT2D eigenvalue weighted by atomic mass is 9.96. The molecule has 1 fully saturated rings. The van der Waals surface area contributed by atoms with Crippen LogP contribution in [0.5, 0.6) is 5.88 Å². The maximum atomic E-state index is 12.7. The molecule has 2 amide bonds. The standard InChI is InChI=1S/C21H29N5O2/c1-4-25(21(27)24-18-8-9-20(28-3)23-16(18)2)15-17-10-13-26(14-11-17)19-7-5-6-12-22-19/h5-9,12,17H,4,10-11,13-15H2,1-3H3,(H,24,27). The summed E-state index contributed by atoms with van der Waals surface area (Å²) in [6.45, 7) is 7.27. The second-order valence-electron chi connectivity index (χ2n) is 7.07. The van der Waals surface area contributed by atoms with Crippen molar-refractivity contribution >= 4 is 17.5 Å². The Morgan fingerprint density at radius 1 is 1.29 bits per heavy atom. The lowest BCUT2D eigenvalue weighted by Crippen LogP contribution is -2.42. The topological polar surface area (TPSA) is 70.6 Å². The number of hydrogen-bond donors (Lipinski definition) is 1. The number of rotatable bonds is 6. The molecule has 1 saturated heterocycles. The number of ether oxygens (including phenoxy) is 1. The smallest absolute Gasteiger partial charge is 0.321 e. The Labute approximate surface area is 166 Å². The lowest BCUT2D eigenvalue weighted by molar-refractivity contribution is 0.198. The first-order valence-electron chi connectivity index (χ1n) is 9.84. The first kappa shape index (κ1) is 19.9. The molecule has 2 aromatic rings. The number of carbonyl (C=O) groups is 1. The summed E-state index contributed by atoms with van der Waals surface area (Å²) in [6.07, 6.45) is 3.95. The minimum Gasteiger partial charge on any atom is -0.481 e. The average Bonchev–Trinajstić information content (AvgIpc) is 2.74. The molecule has 0 radical (unpaired) electrons. The fourth-order valence-corrected chi connectivity index (χ4v) is 3.53. The summed E-state index contributed by atoms with van der Waals surface area (Å²) in [5, 5.41) is 2.99. The van der Waals surface area contributed by atoms with Crippen LogP contribution in [0.15, 0.2) is 36.5 Å². The van der Waals surface area contributed by atoms with Gasteiger partial charge in [0, 0.05) is 38.4 Å². The number of aromatic nitrogens is 2. The molecule has 1 aliphatic heterocycles. The molecular weight excluding hydrogens is 354 g/mol. The van der Waals surface area contributed by atoms with Crippen LogP contribution in [0.25, 0.3) is 0 Å². The van der Waals surface area contributed by atoms with Crippen molar-refractivity contribution in [3.8, 4) is 5.88 Å². The zero-order valence-corrected chi connectivity index (χ0v) is 16.9. The Kier molecular flexibility index (Phi) is 6.68. The SMILES string of the molecule is CCN(CC1CCN(c2ccccn2)CC1)C(=O)Nc1ccc(OC)nc1C. The molecule has 3 heterocycles. The predicted molar refractivity (Wildman–Crippen MR) is 111 cm³/mol. The number of nitrogens with one attached hydrogen (secondary N) is 1. The van der Waals surface area contributed by atoms with E-state index in [1.54, 1.807) is 13.2 Å². The van der Waals surface area contributed by atoms with E-state index in [-0.39, 0.29) is 6.03 Å². The van der Waals surface area contributed by atoms with E-state index in [2.05, 4.69) is 26.3 Å². The molecule has 2 aromatic heterocycles. The first-order chi connectivity index (χ1) is 13.6. The molecule has 0 spiro atoms. The van der Waals surface area contributed by atoms with Crippen molar-refractivity contribution in [2.45, 2.75) is 26.7 Å². The minimum absolute atomic E-state index is 0.0790. The van der Waals surface area contributed by atoms with Gasteiger partial charge in [0.25, 0.3) is 0 Å². The number of pyridine rings is 2. The normalized spacial score (nSPS) is 14.6. The van der Waals surface area contributed by atoms with Gasteiger partial charge < -0.3 is 19.9 Å². The van der Waals surface area contributed by atoms with Gasteiger partial charge >= 0.3 is 6.03 Å². The predicted octanol–water partition coefficient (Wildman–Crippen LogP) is 3.56. The number of aryl methyl sites for hydroxylation is 1. The molecule has 1 aliphatic rings. The highest BCUT2D eigenvalue weighted by Gasteiger charge is 2.24. The second kappa shape index (κ2) is 9.39. The largest absolute Gasteiger partial charge is 0.481 e. The highest BCUT2D eigenvalue weighted by Crippen LogP contribution is 2.23.